The number of ether oxygens (including phenoxy) is 1. The molecule has 1 aromatic carbocycles. The molecular weight excluding hydrogens is 279 g/mol. The number of fused-ring (bicyclic) bond motifs is 1. The molecule has 1 N–H and O–H groups in total. The van der Waals surface area contributed by atoms with E-state index < -0.39 is 0 Å². The lowest BCUT2D eigenvalue weighted by Gasteiger charge is -2.11. The third-order valence-electron chi connectivity index (χ3n) is 2.22. The highest BCUT2D eigenvalue weighted by Crippen LogP contribution is 2.34. The topological polar surface area (TPSA) is 29.5 Å². The fraction of sp³-hybridized carbons (Fsp3) is 0.400. The molecule has 1 aliphatic rings. The number of aliphatic hydroxyl groups is 1. The maximum Gasteiger partial charge on any atom is 0.138 e. The van der Waals surface area contributed by atoms with Crippen LogP contribution in [-0.2, 0) is 0 Å². The van der Waals surface area contributed by atoms with Gasteiger partial charge in [-0.05, 0) is 41.5 Å². The van der Waals surface area contributed by atoms with E-state index in [-0.39, 0.29) is 6.10 Å². The first-order chi connectivity index (χ1) is 6.29. The second-order valence-corrected chi connectivity index (χ2v) is 4.33. The highest BCUT2D eigenvalue weighted by molar-refractivity contribution is 14.1. The van der Waals surface area contributed by atoms with Gasteiger partial charge in [0, 0.05) is 5.56 Å². The van der Waals surface area contributed by atoms with Crippen molar-refractivity contribution in [1.29, 1.82) is 0 Å². The normalized spacial score (nSPS) is 21.5. The number of benzene rings is 1. The van der Waals surface area contributed by atoms with Crippen molar-refractivity contribution in [2.75, 3.05) is 6.61 Å². The molecule has 0 saturated heterocycles. The highest BCUT2D eigenvalue weighted by atomic mass is 127. The molecule has 1 atom stereocenters. The molecule has 0 bridgehead atoms. The molecule has 1 aliphatic heterocycles. The van der Waals surface area contributed by atoms with Crippen LogP contribution in [0.5, 0.6) is 5.75 Å². The molecule has 1 unspecified atom stereocenters. The van der Waals surface area contributed by atoms with Crippen molar-refractivity contribution in [2.45, 2.75) is 18.9 Å². The number of para-hydroxylation sites is 1. The van der Waals surface area contributed by atoms with E-state index in [0.29, 0.717) is 6.61 Å². The summed E-state index contributed by atoms with van der Waals surface area (Å²) < 4.78 is 6.66. The van der Waals surface area contributed by atoms with E-state index >= 15 is 0 Å². The van der Waals surface area contributed by atoms with Crippen molar-refractivity contribution < 1.29 is 9.84 Å². The van der Waals surface area contributed by atoms with Crippen LogP contribution in [0.15, 0.2) is 18.2 Å². The molecular formula is C10H11IO2. The van der Waals surface area contributed by atoms with Gasteiger partial charge in [-0.15, -0.1) is 0 Å². The summed E-state index contributed by atoms with van der Waals surface area (Å²) in [5, 5.41) is 9.78. The first-order valence-electron chi connectivity index (χ1n) is 4.38. The molecule has 0 aliphatic carbocycles. The van der Waals surface area contributed by atoms with Crippen LogP contribution in [0, 0.1) is 3.57 Å². The average Bonchev–Trinajstić information content (AvgIpc) is 2.30. The smallest absolute Gasteiger partial charge is 0.138 e. The summed E-state index contributed by atoms with van der Waals surface area (Å²) in [6.45, 7) is 0.712. The molecule has 0 fully saturated rings. The number of aliphatic hydroxyl groups excluding tert-OH is 1. The van der Waals surface area contributed by atoms with Gasteiger partial charge < -0.3 is 9.84 Å². The van der Waals surface area contributed by atoms with Crippen LogP contribution in [0.3, 0.4) is 0 Å². The van der Waals surface area contributed by atoms with E-state index in [2.05, 4.69) is 22.6 Å². The van der Waals surface area contributed by atoms with Crippen LogP contribution in [0.2, 0.25) is 0 Å². The van der Waals surface area contributed by atoms with Gasteiger partial charge in [0.25, 0.3) is 0 Å². The molecule has 70 valence electrons. The lowest BCUT2D eigenvalue weighted by molar-refractivity contribution is 0.167. The van der Waals surface area contributed by atoms with Crippen molar-refractivity contribution in [1.82, 2.24) is 0 Å². The van der Waals surface area contributed by atoms with Crippen LogP contribution < -0.4 is 4.74 Å². The van der Waals surface area contributed by atoms with Crippen LogP contribution in [0.4, 0.5) is 0 Å². The zero-order chi connectivity index (χ0) is 9.26. The minimum absolute atomic E-state index is 0.354. The summed E-state index contributed by atoms with van der Waals surface area (Å²) in [6.07, 6.45) is 1.37. The summed E-state index contributed by atoms with van der Waals surface area (Å²) >= 11 is 2.23. The van der Waals surface area contributed by atoms with Gasteiger partial charge in [-0.25, -0.2) is 0 Å². The van der Waals surface area contributed by atoms with E-state index in [1.807, 2.05) is 18.2 Å². The van der Waals surface area contributed by atoms with Crippen molar-refractivity contribution in [2.24, 2.45) is 0 Å². The molecule has 1 aromatic rings. The third kappa shape index (κ3) is 1.81. The molecule has 0 saturated carbocycles. The molecule has 3 heteroatoms. The molecule has 1 heterocycles. The van der Waals surface area contributed by atoms with Crippen molar-refractivity contribution in [3.05, 3.63) is 27.3 Å². The number of hydrogen-bond acceptors (Lipinski definition) is 2. The second-order valence-electron chi connectivity index (χ2n) is 3.16. The Hall–Kier alpha value is -0.290. The summed E-state index contributed by atoms with van der Waals surface area (Å²) in [5.74, 6) is 0.869. The molecule has 2 rings (SSSR count). The molecule has 2 nitrogen and oxygen atoms in total. The van der Waals surface area contributed by atoms with Crippen LogP contribution in [0.25, 0.3) is 0 Å². The van der Waals surface area contributed by atoms with Gasteiger partial charge in [0.15, 0.2) is 0 Å². The fourth-order valence-electron chi connectivity index (χ4n) is 1.55. The van der Waals surface area contributed by atoms with Gasteiger partial charge in [-0.1, -0.05) is 12.1 Å². The van der Waals surface area contributed by atoms with Crippen LogP contribution in [0.1, 0.15) is 24.5 Å². The highest BCUT2D eigenvalue weighted by Gasteiger charge is 2.18. The van der Waals surface area contributed by atoms with Gasteiger partial charge in [-0.3, -0.25) is 0 Å². The van der Waals surface area contributed by atoms with E-state index in [0.717, 1.165) is 27.7 Å². The molecule has 13 heavy (non-hydrogen) atoms. The fourth-order valence-corrected chi connectivity index (χ4v) is 2.22. The van der Waals surface area contributed by atoms with Gasteiger partial charge >= 0.3 is 0 Å². The Balaban J connectivity index is 2.47. The van der Waals surface area contributed by atoms with Crippen LogP contribution in [-0.4, -0.2) is 11.7 Å². The summed E-state index contributed by atoms with van der Waals surface area (Å²) in [6, 6.07) is 5.89. The van der Waals surface area contributed by atoms with E-state index in [9.17, 15) is 5.11 Å². The zero-order valence-corrected chi connectivity index (χ0v) is 9.32. The van der Waals surface area contributed by atoms with E-state index in [4.69, 9.17) is 4.74 Å². The van der Waals surface area contributed by atoms with Crippen LogP contribution >= 0.6 is 22.6 Å². The van der Waals surface area contributed by atoms with Gasteiger partial charge in [0.2, 0.25) is 0 Å². The Morgan fingerprint density at radius 3 is 3.15 bits per heavy atom. The second kappa shape index (κ2) is 3.84. The van der Waals surface area contributed by atoms with Crippen molar-refractivity contribution in [3.8, 4) is 5.75 Å². The Labute approximate surface area is 91.1 Å². The Kier molecular flexibility index (Phi) is 2.74. The Bertz CT molecular complexity index is 312. The van der Waals surface area contributed by atoms with Crippen molar-refractivity contribution >= 4 is 22.6 Å². The lowest BCUT2D eigenvalue weighted by atomic mass is 10.1. The quantitative estimate of drug-likeness (QED) is 0.744. The minimum Gasteiger partial charge on any atom is -0.492 e. The maximum absolute atomic E-state index is 9.78. The minimum atomic E-state index is -0.354. The SMILES string of the molecule is OC1CCCOc2c(I)cccc21. The van der Waals surface area contributed by atoms with Gasteiger partial charge in [0.05, 0.1) is 16.3 Å². The number of rotatable bonds is 0. The predicted molar refractivity (Wildman–Crippen MR) is 58.8 cm³/mol. The summed E-state index contributed by atoms with van der Waals surface area (Å²) in [5.41, 5.74) is 0.935. The number of halogens is 1. The summed E-state index contributed by atoms with van der Waals surface area (Å²) in [7, 11) is 0. The maximum atomic E-state index is 9.78. The van der Waals surface area contributed by atoms with Crippen molar-refractivity contribution in [3.63, 3.8) is 0 Å². The molecule has 0 amide bonds. The standard InChI is InChI=1S/C10H11IO2/c11-8-4-1-3-7-9(12)5-2-6-13-10(7)8/h1,3-4,9,12H,2,5-6H2. The predicted octanol–water partition coefficient (Wildman–Crippen LogP) is 2.50. The van der Waals surface area contributed by atoms with E-state index in [1.54, 1.807) is 0 Å². The molecule has 0 aromatic heterocycles. The average molecular weight is 290 g/mol. The van der Waals surface area contributed by atoms with E-state index in [1.165, 1.54) is 0 Å². The molecule has 0 spiro atoms. The monoisotopic (exact) mass is 290 g/mol. The molecule has 0 radical (unpaired) electrons. The largest absolute Gasteiger partial charge is 0.492 e. The lowest BCUT2D eigenvalue weighted by Crippen LogP contribution is -1.97. The first-order valence-corrected chi connectivity index (χ1v) is 5.46. The Morgan fingerprint density at radius 2 is 2.31 bits per heavy atom. The summed E-state index contributed by atoms with van der Waals surface area (Å²) in [4.78, 5) is 0. The van der Waals surface area contributed by atoms with Gasteiger partial charge in [0.1, 0.15) is 5.75 Å². The Morgan fingerprint density at radius 1 is 1.46 bits per heavy atom. The third-order valence-corrected chi connectivity index (χ3v) is 3.07. The zero-order valence-electron chi connectivity index (χ0n) is 7.16. The number of hydrogen-bond donors (Lipinski definition) is 1. The van der Waals surface area contributed by atoms with Gasteiger partial charge in [-0.2, -0.15) is 0 Å². The first kappa shape index (κ1) is 9.27.